The van der Waals surface area contributed by atoms with E-state index >= 15 is 0 Å². The summed E-state index contributed by atoms with van der Waals surface area (Å²) in [5.74, 6) is -0.314. The standard InChI is InChI=1S/C23H16BrClO2/c24-14-27-22(26)13-20-21(25)12-16-7-2-4-10-18(16)23(20)19-11-5-8-15-6-1-3-9-17(15)19/h1-12H,13-14H2. The van der Waals surface area contributed by atoms with E-state index in [-0.39, 0.29) is 17.9 Å². The lowest BCUT2D eigenvalue weighted by molar-refractivity contribution is -0.140. The van der Waals surface area contributed by atoms with Gasteiger partial charge in [0.05, 0.1) is 6.42 Å². The van der Waals surface area contributed by atoms with Crippen molar-refractivity contribution in [3.63, 3.8) is 0 Å². The van der Waals surface area contributed by atoms with Gasteiger partial charge in [0.25, 0.3) is 0 Å². The Bertz CT molecular complexity index is 1150. The number of benzene rings is 4. The predicted octanol–water partition coefficient (Wildman–Crippen LogP) is 6.75. The number of carbonyl (C=O) groups is 1. The maximum Gasteiger partial charge on any atom is 0.311 e. The fourth-order valence-corrected chi connectivity index (χ4v) is 4.07. The van der Waals surface area contributed by atoms with Crippen molar-refractivity contribution in [2.75, 3.05) is 5.52 Å². The molecule has 27 heavy (non-hydrogen) atoms. The van der Waals surface area contributed by atoms with Crippen LogP contribution >= 0.6 is 27.5 Å². The monoisotopic (exact) mass is 438 g/mol. The van der Waals surface area contributed by atoms with Gasteiger partial charge >= 0.3 is 5.97 Å². The van der Waals surface area contributed by atoms with Crippen molar-refractivity contribution in [1.29, 1.82) is 0 Å². The van der Waals surface area contributed by atoms with Gasteiger partial charge in [-0.3, -0.25) is 4.79 Å². The highest BCUT2D eigenvalue weighted by Crippen LogP contribution is 2.40. The Labute approximate surface area is 170 Å². The second kappa shape index (κ2) is 7.71. The average Bonchev–Trinajstić information content (AvgIpc) is 2.68. The van der Waals surface area contributed by atoms with Gasteiger partial charge < -0.3 is 4.74 Å². The van der Waals surface area contributed by atoms with Crippen LogP contribution in [-0.2, 0) is 16.0 Å². The smallest absolute Gasteiger partial charge is 0.311 e. The Morgan fingerprint density at radius 1 is 0.889 bits per heavy atom. The molecule has 4 heteroatoms. The first kappa shape index (κ1) is 18.0. The number of rotatable bonds is 4. The summed E-state index contributed by atoms with van der Waals surface area (Å²) in [6.07, 6.45) is 0.119. The minimum atomic E-state index is -0.314. The van der Waals surface area contributed by atoms with Crippen molar-refractivity contribution in [1.82, 2.24) is 0 Å². The van der Waals surface area contributed by atoms with Crippen LogP contribution in [-0.4, -0.2) is 11.5 Å². The predicted molar refractivity (Wildman–Crippen MR) is 115 cm³/mol. The van der Waals surface area contributed by atoms with Gasteiger partial charge in [0.15, 0.2) is 0 Å². The molecule has 0 aliphatic carbocycles. The Balaban J connectivity index is 2.06. The average molecular weight is 440 g/mol. The van der Waals surface area contributed by atoms with Crippen LogP contribution < -0.4 is 0 Å². The topological polar surface area (TPSA) is 26.3 Å². The van der Waals surface area contributed by atoms with Crippen LogP contribution in [0.5, 0.6) is 0 Å². The molecule has 0 fully saturated rings. The van der Waals surface area contributed by atoms with Gasteiger partial charge in [0, 0.05) is 5.02 Å². The zero-order valence-corrected chi connectivity index (χ0v) is 16.8. The summed E-state index contributed by atoms with van der Waals surface area (Å²) in [6, 6.07) is 24.5. The lowest BCUT2D eigenvalue weighted by Crippen LogP contribution is -2.08. The largest absolute Gasteiger partial charge is 0.454 e. The molecule has 0 saturated carbocycles. The molecule has 4 aromatic rings. The van der Waals surface area contributed by atoms with Crippen LogP contribution in [0.1, 0.15) is 5.56 Å². The van der Waals surface area contributed by atoms with E-state index in [1.54, 1.807) is 0 Å². The third kappa shape index (κ3) is 3.45. The molecular formula is C23H16BrClO2. The Hall–Kier alpha value is -2.36. The number of ether oxygens (including phenoxy) is 1. The first-order chi connectivity index (χ1) is 13.2. The molecule has 0 radical (unpaired) electrons. The quantitative estimate of drug-likeness (QED) is 0.260. The van der Waals surface area contributed by atoms with Crippen molar-refractivity contribution < 1.29 is 9.53 Å². The van der Waals surface area contributed by atoms with E-state index in [0.717, 1.165) is 38.2 Å². The number of carbonyl (C=O) groups excluding carboxylic acids is 1. The second-order valence-electron chi connectivity index (χ2n) is 6.26. The van der Waals surface area contributed by atoms with Crippen molar-refractivity contribution in [2.45, 2.75) is 6.42 Å². The van der Waals surface area contributed by atoms with Crippen LogP contribution in [0.2, 0.25) is 5.02 Å². The van der Waals surface area contributed by atoms with E-state index in [1.165, 1.54) is 0 Å². The zero-order valence-electron chi connectivity index (χ0n) is 14.4. The Morgan fingerprint density at radius 2 is 1.56 bits per heavy atom. The molecule has 0 bridgehead atoms. The fraction of sp³-hybridized carbons (Fsp3) is 0.0870. The third-order valence-electron chi connectivity index (χ3n) is 4.70. The van der Waals surface area contributed by atoms with Crippen molar-refractivity contribution in [3.05, 3.63) is 83.4 Å². The van der Waals surface area contributed by atoms with Crippen LogP contribution in [0.15, 0.2) is 72.8 Å². The fourth-order valence-electron chi connectivity index (χ4n) is 3.54. The first-order valence-corrected chi connectivity index (χ1v) is 10.1. The van der Waals surface area contributed by atoms with Gasteiger partial charge in [-0.25, -0.2) is 0 Å². The van der Waals surface area contributed by atoms with Gasteiger partial charge in [-0.2, -0.15) is 0 Å². The van der Waals surface area contributed by atoms with E-state index in [9.17, 15) is 4.79 Å². The van der Waals surface area contributed by atoms with Crippen molar-refractivity contribution in [2.24, 2.45) is 0 Å². The molecule has 0 saturated heterocycles. The molecule has 4 aromatic carbocycles. The van der Waals surface area contributed by atoms with Crippen molar-refractivity contribution in [3.8, 4) is 11.1 Å². The summed E-state index contributed by atoms with van der Waals surface area (Å²) >= 11 is 9.78. The van der Waals surface area contributed by atoms with E-state index in [1.807, 2.05) is 42.5 Å². The summed E-state index contributed by atoms with van der Waals surface area (Å²) in [4.78, 5) is 12.2. The van der Waals surface area contributed by atoms with E-state index in [0.29, 0.717) is 5.02 Å². The van der Waals surface area contributed by atoms with E-state index in [2.05, 4.69) is 46.3 Å². The first-order valence-electron chi connectivity index (χ1n) is 8.59. The van der Waals surface area contributed by atoms with Crippen LogP contribution in [0.3, 0.4) is 0 Å². The van der Waals surface area contributed by atoms with Crippen LogP contribution in [0.25, 0.3) is 32.7 Å². The molecule has 2 nitrogen and oxygen atoms in total. The molecule has 0 N–H and O–H groups in total. The number of alkyl halides is 1. The van der Waals surface area contributed by atoms with Crippen LogP contribution in [0.4, 0.5) is 0 Å². The molecular weight excluding hydrogens is 424 g/mol. The summed E-state index contributed by atoms with van der Waals surface area (Å²) in [5.41, 5.74) is 3.01. The number of hydrogen-bond acceptors (Lipinski definition) is 2. The minimum absolute atomic E-state index is 0.119. The number of hydrogen-bond donors (Lipinski definition) is 0. The van der Waals surface area contributed by atoms with E-state index in [4.69, 9.17) is 16.3 Å². The zero-order chi connectivity index (χ0) is 18.8. The molecule has 0 heterocycles. The lowest BCUT2D eigenvalue weighted by Gasteiger charge is -2.17. The molecule has 0 amide bonds. The van der Waals surface area contributed by atoms with Gasteiger partial charge in [-0.15, -0.1) is 0 Å². The third-order valence-corrected chi connectivity index (χ3v) is 5.26. The minimum Gasteiger partial charge on any atom is -0.454 e. The molecule has 134 valence electrons. The SMILES string of the molecule is O=C(Cc1c(Cl)cc2ccccc2c1-c1cccc2ccccc12)OCBr. The van der Waals surface area contributed by atoms with Gasteiger partial charge in [-0.1, -0.05) is 78.3 Å². The molecule has 0 unspecified atom stereocenters. The van der Waals surface area contributed by atoms with Gasteiger partial charge in [0.2, 0.25) is 0 Å². The second-order valence-corrected chi connectivity index (χ2v) is 7.13. The number of halogens is 2. The molecule has 0 aromatic heterocycles. The normalized spacial score (nSPS) is 11.0. The number of esters is 1. The molecule has 0 aliphatic rings. The molecule has 0 aliphatic heterocycles. The lowest BCUT2D eigenvalue weighted by atomic mass is 9.89. The van der Waals surface area contributed by atoms with E-state index < -0.39 is 0 Å². The Morgan fingerprint density at radius 3 is 2.33 bits per heavy atom. The maximum atomic E-state index is 12.2. The van der Waals surface area contributed by atoms with Gasteiger partial charge in [0.1, 0.15) is 5.52 Å². The van der Waals surface area contributed by atoms with Gasteiger partial charge in [-0.05, 0) is 60.2 Å². The molecule has 4 rings (SSSR count). The molecule has 0 spiro atoms. The van der Waals surface area contributed by atoms with Crippen LogP contribution in [0, 0.1) is 0 Å². The highest BCUT2D eigenvalue weighted by atomic mass is 79.9. The summed E-state index contributed by atoms with van der Waals surface area (Å²) in [7, 11) is 0. The molecule has 0 atom stereocenters. The number of fused-ring (bicyclic) bond motifs is 2. The highest BCUT2D eigenvalue weighted by molar-refractivity contribution is 9.09. The summed E-state index contributed by atoms with van der Waals surface area (Å²) in [6.45, 7) is 0. The summed E-state index contributed by atoms with van der Waals surface area (Å²) < 4.78 is 5.11. The van der Waals surface area contributed by atoms with Crippen molar-refractivity contribution >= 4 is 55.0 Å². The summed E-state index contributed by atoms with van der Waals surface area (Å²) in [5, 5.41) is 4.96. The maximum absolute atomic E-state index is 12.2. The Kier molecular flexibility index (Phi) is 5.15. The highest BCUT2D eigenvalue weighted by Gasteiger charge is 2.19.